The molecule has 5 heterocycles. The van der Waals surface area contributed by atoms with Crippen molar-refractivity contribution < 1.29 is 28.7 Å². The van der Waals surface area contributed by atoms with Gasteiger partial charge in [0.15, 0.2) is 0 Å². The van der Waals surface area contributed by atoms with Crippen LogP contribution in [0.3, 0.4) is 0 Å². The fraction of sp³-hybridized carbons (Fsp3) is 0.349. The van der Waals surface area contributed by atoms with Gasteiger partial charge in [0.25, 0.3) is 0 Å². The van der Waals surface area contributed by atoms with Crippen LogP contribution in [-0.4, -0.2) is 94.1 Å². The van der Waals surface area contributed by atoms with Gasteiger partial charge in [-0.1, -0.05) is 87.9 Å². The second kappa shape index (κ2) is 22.2. The van der Waals surface area contributed by atoms with E-state index in [1.807, 2.05) is 43.3 Å². The molecule has 2 aromatic carbocycles. The Morgan fingerprint density at radius 3 is 2.00 bits per heavy atom. The highest BCUT2D eigenvalue weighted by Gasteiger charge is 2.32. The Bertz CT molecular complexity index is 2190. The molecule has 4 amide bonds. The van der Waals surface area contributed by atoms with Crippen molar-refractivity contribution in [2.45, 2.75) is 59.0 Å². The number of nitrogens with zero attached hydrogens (tertiary/aromatic N) is 4. The van der Waals surface area contributed by atoms with Crippen LogP contribution in [0.15, 0.2) is 85.2 Å². The van der Waals surface area contributed by atoms with Gasteiger partial charge in [0, 0.05) is 27.4 Å². The second-order valence-corrected chi connectivity index (χ2v) is 15.7. The fourth-order valence-electron chi connectivity index (χ4n) is 6.28. The molecule has 312 valence electrons. The Balaban J connectivity index is 0.000000657. The van der Waals surface area contributed by atoms with Gasteiger partial charge < -0.3 is 39.9 Å². The number of benzene rings is 2. The lowest BCUT2D eigenvalue weighted by Gasteiger charge is -2.23. The van der Waals surface area contributed by atoms with Crippen molar-refractivity contribution in [3.8, 4) is 32.3 Å². The van der Waals surface area contributed by atoms with Gasteiger partial charge in [-0.05, 0) is 42.5 Å². The number of ether oxygens (including phenoxy) is 2. The number of hydrogen-bond acceptors (Lipinski definition) is 10. The molecule has 0 saturated carbocycles. The number of likely N-dealkylation sites (tertiary alicyclic amines) is 1. The minimum atomic E-state index is -0.645. The Morgan fingerprint density at radius 1 is 0.797 bits per heavy atom. The lowest BCUT2D eigenvalue weighted by atomic mass is 10.1. The van der Waals surface area contributed by atoms with Crippen LogP contribution in [0, 0.1) is 0 Å². The third kappa shape index (κ3) is 12.3. The number of aromatic amines is 2. The van der Waals surface area contributed by atoms with Gasteiger partial charge in [-0.2, -0.15) is 0 Å². The van der Waals surface area contributed by atoms with Crippen molar-refractivity contribution in [2.24, 2.45) is 0 Å². The van der Waals surface area contributed by atoms with E-state index in [2.05, 4.69) is 90.3 Å². The summed E-state index contributed by atoms with van der Waals surface area (Å²) in [4.78, 5) is 69.7. The number of imidazole rings is 2. The maximum absolute atomic E-state index is 12.7. The first-order chi connectivity index (χ1) is 28.7. The first-order valence-corrected chi connectivity index (χ1v) is 21.2. The zero-order valence-corrected chi connectivity index (χ0v) is 35.7. The number of amides is 4. The van der Waals surface area contributed by atoms with Gasteiger partial charge in [-0.3, -0.25) is 9.59 Å². The molecule has 4 N–H and O–H groups in total. The zero-order chi connectivity index (χ0) is 42.1. The largest absolute Gasteiger partial charge is 0.453 e. The monoisotopic (exact) mass is 840 g/mol. The standard InChI is InChI=1S/C34H38N8O6S2.C6H6.C3H8/c1-4-11-41(30(43)17-37-33(45)47-2)19-29-35-16-23(39-29)26-14-28-27(50-26)13-25(49-28)21-9-7-20(8-10-21)22-15-36-32(40-22)24-6-5-12-42(24)31(44)18-38-34(46)48-3;1-2-4-6-5-3-1;1-3-2/h7-10,13-16,24H,4-6,11-12,17-19H2,1-3H3,(H,35,39)(H,36,40)(H,37,45)(H,38,46);1-6H;3H2,1-2H3. The molecular formula is C43H52N8O6S2. The molecule has 1 fully saturated rings. The molecule has 0 bridgehead atoms. The highest BCUT2D eigenvalue weighted by molar-refractivity contribution is 7.31. The van der Waals surface area contributed by atoms with Gasteiger partial charge >= 0.3 is 12.2 Å². The van der Waals surface area contributed by atoms with E-state index in [0.29, 0.717) is 25.5 Å². The second-order valence-electron chi connectivity index (χ2n) is 13.6. The molecule has 0 spiro atoms. The summed E-state index contributed by atoms with van der Waals surface area (Å²) >= 11 is 3.40. The number of carbonyl (C=O) groups excluding carboxylic acids is 4. The van der Waals surface area contributed by atoms with Crippen LogP contribution >= 0.6 is 22.7 Å². The Labute approximate surface area is 352 Å². The molecule has 1 aliphatic rings. The lowest BCUT2D eigenvalue weighted by Crippen LogP contribution is -2.40. The first-order valence-electron chi connectivity index (χ1n) is 19.6. The quantitative estimate of drug-likeness (QED) is 0.0948. The van der Waals surface area contributed by atoms with E-state index < -0.39 is 12.2 Å². The average molecular weight is 841 g/mol. The average Bonchev–Trinajstić information content (AvgIpc) is 4.12. The van der Waals surface area contributed by atoms with Crippen LogP contribution in [0.2, 0.25) is 0 Å². The van der Waals surface area contributed by atoms with Crippen LogP contribution in [-0.2, 0) is 25.6 Å². The summed E-state index contributed by atoms with van der Waals surface area (Å²) in [5.74, 6) is 1.01. The van der Waals surface area contributed by atoms with Crippen molar-refractivity contribution in [1.29, 1.82) is 0 Å². The van der Waals surface area contributed by atoms with Crippen LogP contribution in [0.5, 0.6) is 0 Å². The van der Waals surface area contributed by atoms with E-state index >= 15 is 0 Å². The van der Waals surface area contributed by atoms with E-state index in [1.165, 1.54) is 30.0 Å². The SMILES string of the molecule is CCC.CCCN(Cc1ncc(-c2cc3sc(-c4ccc(-c5cnc(C6CCCN6C(=O)CNC(=O)OC)[nH]5)cc4)cc3s2)[nH]1)C(=O)CNC(=O)OC.c1ccccc1. The van der Waals surface area contributed by atoms with E-state index in [-0.39, 0.29) is 30.9 Å². The number of methoxy groups -OCH3 is 2. The molecule has 16 heteroatoms. The summed E-state index contributed by atoms with van der Waals surface area (Å²) in [6.45, 7) is 7.44. The van der Waals surface area contributed by atoms with Crippen LogP contribution in [0.4, 0.5) is 9.59 Å². The molecule has 6 aromatic rings. The molecule has 14 nitrogen and oxygen atoms in total. The summed E-state index contributed by atoms with van der Waals surface area (Å²) in [6, 6.07) is 24.5. The van der Waals surface area contributed by atoms with Crippen molar-refractivity contribution >= 4 is 56.1 Å². The van der Waals surface area contributed by atoms with Gasteiger partial charge in [0.05, 0.1) is 55.5 Å². The van der Waals surface area contributed by atoms with E-state index in [9.17, 15) is 19.2 Å². The number of fused-ring (bicyclic) bond motifs is 1. The van der Waals surface area contributed by atoms with Crippen molar-refractivity contribution in [3.05, 3.63) is 96.8 Å². The molecular weight excluding hydrogens is 789 g/mol. The Hall–Kier alpha value is -6.00. The summed E-state index contributed by atoms with van der Waals surface area (Å²) in [5.41, 5.74) is 3.86. The summed E-state index contributed by atoms with van der Waals surface area (Å²) < 4.78 is 11.5. The van der Waals surface area contributed by atoms with Crippen molar-refractivity contribution in [1.82, 2.24) is 40.4 Å². The predicted molar refractivity (Wildman–Crippen MR) is 233 cm³/mol. The highest BCUT2D eigenvalue weighted by atomic mass is 32.1. The molecule has 1 aliphatic heterocycles. The number of aromatic nitrogens is 4. The normalized spacial score (nSPS) is 13.1. The minimum Gasteiger partial charge on any atom is -0.453 e. The predicted octanol–water partition coefficient (Wildman–Crippen LogP) is 8.63. The molecule has 1 unspecified atom stereocenters. The summed E-state index contributed by atoms with van der Waals surface area (Å²) in [5, 5.41) is 4.90. The van der Waals surface area contributed by atoms with E-state index in [4.69, 9.17) is 0 Å². The number of carbonyl (C=O) groups is 4. The van der Waals surface area contributed by atoms with Gasteiger partial charge in [0.1, 0.15) is 24.7 Å². The number of nitrogens with one attached hydrogen (secondary N) is 4. The first kappa shape index (κ1) is 44.1. The van der Waals surface area contributed by atoms with Crippen molar-refractivity contribution in [3.63, 3.8) is 0 Å². The number of thiophene rings is 2. The maximum atomic E-state index is 12.7. The number of hydrogen-bond donors (Lipinski definition) is 4. The topological polar surface area (TPSA) is 175 Å². The highest BCUT2D eigenvalue weighted by Crippen LogP contribution is 2.41. The van der Waals surface area contributed by atoms with Crippen molar-refractivity contribution in [2.75, 3.05) is 40.4 Å². The minimum absolute atomic E-state index is 0.120. The molecule has 7 rings (SSSR count). The van der Waals surface area contributed by atoms with E-state index in [0.717, 1.165) is 57.4 Å². The molecule has 0 aliphatic carbocycles. The summed E-state index contributed by atoms with van der Waals surface area (Å²) in [6.07, 6.45) is 5.99. The molecule has 1 saturated heterocycles. The van der Waals surface area contributed by atoms with Gasteiger partial charge in [-0.15, -0.1) is 22.7 Å². The Kier molecular flexibility index (Phi) is 16.6. The third-order valence-corrected chi connectivity index (χ3v) is 11.4. The molecule has 0 radical (unpaired) electrons. The summed E-state index contributed by atoms with van der Waals surface area (Å²) in [7, 11) is 2.52. The lowest BCUT2D eigenvalue weighted by molar-refractivity contribution is -0.131. The van der Waals surface area contributed by atoms with Crippen LogP contribution in [0.1, 0.15) is 64.1 Å². The fourth-order valence-corrected chi connectivity index (χ4v) is 8.64. The molecule has 4 aromatic heterocycles. The van der Waals surface area contributed by atoms with Gasteiger partial charge in [-0.25, -0.2) is 19.6 Å². The van der Waals surface area contributed by atoms with E-state index in [1.54, 1.807) is 44.9 Å². The number of H-pyrrole nitrogens is 2. The number of alkyl carbamates (subject to hydrolysis) is 2. The third-order valence-electron chi connectivity index (χ3n) is 9.06. The zero-order valence-electron chi connectivity index (χ0n) is 34.1. The van der Waals surface area contributed by atoms with Gasteiger partial charge in [0.2, 0.25) is 11.8 Å². The smallest absolute Gasteiger partial charge is 0.407 e. The molecule has 59 heavy (non-hydrogen) atoms. The number of rotatable bonds is 12. The maximum Gasteiger partial charge on any atom is 0.407 e. The van der Waals surface area contributed by atoms with Crippen LogP contribution < -0.4 is 10.6 Å². The van der Waals surface area contributed by atoms with Crippen LogP contribution in [0.25, 0.3) is 41.7 Å². The Morgan fingerprint density at radius 2 is 1.37 bits per heavy atom. The molecule has 1 atom stereocenters.